The number of anilines is 1. The summed E-state index contributed by atoms with van der Waals surface area (Å²) < 4.78 is 6.06. The van der Waals surface area contributed by atoms with E-state index >= 15 is 0 Å². The van der Waals surface area contributed by atoms with Crippen LogP contribution in [0.15, 0.2) is 53.7 Å². The highest BCUT2D eigenvalue weighted by Gasteiger charge is 2.26. The highest BCUT2D eigenvalue weighted by molar-refractivity contribution is 7.98. The number of nitrogens with one attached hydrogen (secondary N) is 1. The van der Waals surface area contributed by atoms with Crippen LogP contribution >= 0.6 is 11.8 Å². The molecule has 1 N–H and O–H groups in total. The molecule has 4 rings (SSSR count). The summed E-state index contributed by atoms with van der Waals surface area (Å²) >= 11 is 1.37. The van der Waals surface area contributed by atoms with E-state index in [0.29, 0.717) is 16.7 Å². The van der Waals surface area contributed by atoms with Crippen LogP contribution in [0.3, 0.4) is 0 Å². The smallest absolute Gasteiger partial charge is 0.269 e. The summed E-state index contributed by atoms with van der Waals surface area (Å²) in [5, 5.41) is 23.0. The summed E-state index contributed by atoms with van der Waals surface area (Å²) in [5.74, 6) is 0.366. The average Bonchev–Trinajstić information content (AvgIpc) is 2.84. The molecule has 8 nitrogen and oxygen atoms in total. The summed E-state index contributed by atoms with van der Waals surface area (Å²) in [7, 11) is 0. The van der Waals surface area contributed by atoms with Gasteiger partial charge in [0, 0.05) is 28.9 Å². The van der Waals surface area contributed by atoms with E-state index in [9.17, 15) is 10.1 Å². The molecule has 2 aromatic carbocycles. The predicted octanol–water partition coefficient (Wildman–Crippen LogP) is 3.67. The molecule has 9 heteroatoms. The van der Waals surface area contributed by atoms with E-state index in [0.717, 1.165) is 16.8 Å². The molecule has 0 fully saturated rings. The highest BCUT2D eigenvalue weighted by atomic mass is 32.2. The SMILES string of the molecule is CSc1nnc2c(n1)O[C@H](c1ccc([N+](=O)[O-])cc1)Nc1ccccc1-2. The fourth-order valence-electron chi connectivity index (χ4n) is 2.66. The average molecular weight is 367 g/mol. The van der Waals surface area contributed by atoms with Crippen LogP contribution in [0.4, 0.5) is 11.4 Å². The fraction of sp³-hybridized carbons (Fsp3) is 0.118. The lowest BCUT2D eigenvalue weighted by Gasteiger charge is -2.19. The third kappa shape index (κ3) is 2.93. The number of thioether (sulfide) groups is 1. The van der Waals surface area contributed by atoms with Crippen molar-refractivity contribution in [3.05, 3.63) is 64.2 Å². The topological polar surface area (TPSA) is 103 Å². The van der Waals surface area contributed by atoms with Gasteiger partial charge in [0.25, 0.3) is 5.69 Å². The minimum atomic E-state index is -0.565. The molecule has 0 unspecified atom stereocenters. The van der Waals surface area contributed by atoms with Crippen molar-refractivity contribution in [1.29, 1.82) is 0 Å². The standard InChI is InChI=1S/C17H13N5O3S/c1-26-17-19-16-14(20-21-17)12-4-2-3-5-13(12)18-15(25-16)10-6-8-11(9-7-10)22(23)24/h2-9,15,18H,1H3/t15-/m1/s1. The second-order valence-electron chi connectivity index (χ2n) is 5.49. The molecule has 0 saturated heterocycles. The Bertz CT molecular complexity index is 980. The lowest BCUT2D eigenvalue weighted by Crippen LogP contribution is -2.17. The van der Waals surface area contributed by atoms with Crippen LogP contribution in [-0.2, 0) is 0 Å². The number of nitro benzene ring substituents is 1. The molecule has 1 atom stereocenters. The zero-order chi connectivity index (χ0) is 18.1. The van der Waals surface area contributed by atoms with Crippen molar-refractivity contribution in [2.75, 3.05) is 11.6 Å². The predicted molar refractivity (Wildman–Crippen MR) is 97.1 cm³/mol. The van der Waals surface area contributed by atoms with Gasteiger partial charge in [0.05, 0.1) is 4.92 Å². The number of hydrogen-bond donors (Lipinski definition) is 1. The second-order valence-corrected chi connectivity index (χ2v) is 6.26. The van der Waals surface area contributed by atoms with Crippen LogP contribution in [-0.4, -0.2) is 26.4 Å². The van der Waals surface area contributed by atoms with Crippen molar-refractivity contribution < 1.29 is 9.66 Å². The molecule has 0 radical (unpaired) electrons. The summed E-state index contributed by atoms with van der Waals surface area (Å²) in [6.45, 7) is 0. The molecular formula is C17H13N5O3S. The molecular weight excluding hydrogens is 354 g/mol. The first-order chi connectivity index (χ1) is 12.7. The van der Waals surface area contributed by atoms with Crippen LogP contribution in [0, 0.1) is 10.1 Å². The summed E-state index contributed by atoms with van der Waals surface area (Å²) in [4.78, 5) is 14.9. The van der Waals surface area contributed by atoms with Crippen LogP contribution in [0.2, 0.25) is 0 Å². The molecule has 0 saturated carbocycles. The molecule has 1 aromatic heterocycles. The summed E-state index contributed by atoms with van der Waals surface area (Å²) in [5.41, 5.74) is 2.97. The number of nitrogens with zero attached hydrogens (tertiary/aromatic N) is 4. The number of rotatable bonds is 3. The van der Waals surface area contributed by atoms with Crippen LogP contribution in [0.5, 0.6) is 5.88 Å². The van der Waals surface area contributed by atoms with Crippen molar-refractivity contribution in [2.45, 2.75) is 11.4 Å². The summed E-state index contributed by atoms with van der Waals surface area (Å²) in [6, 6.07) is 13.9. The first-order valence-corrected chi connectivity index (χ1v) is 8.94. The monoisotopic (exact) mass is 367 g/mol. The van der Waals surface area contributed by atoms with Gasteiger partial charge in [-0.3, -0.25) is 10.1 Å². The number of nitro groups is 1. The van der Waals surface area contributed by atoms with E-state index in [1.165, 1.54) is 23.9 Å². The van der Waals surface area contributed by atoms with Crippen LogP contribution in [0.1, 0.15) is 11.8 Å². The number of non-ortho nitro benzene ring substituents is 1. The fourth-order valence-corrected chi connectivity index (χ4v) is 2.95. The number of aromatic nitrogens is 3. The van der Waals surface area contributed by atoms with Gasteiger partial charge in [-0.15, -0.1) is 10.2 Å². The number of fused-ring (bicyclic) bond motifs is 3. The third-order valence-electron chi connectivity index (χ3n) is 3.92. The number of para-hydroxylation sites is 1. The Labute approximate surface area is 152 Å². The number of ether oxygens (including phenoxy) is 1. The maximum absolute atomic E-state index is 10.9. The third-order valence-corrected chi connectivity index (χ3v) is 4.46. The van der Waals surface area contributed by atoms with Crippen LogP contribution < -0.4 is 10.1 Å². The molecule has 0 bridgehead atoms. The van der Waals surface area contributed by atoms with E-state index < -0.39 is 11.2 Å². The van der Waals surface area contributed by atoms with Crippen molar-refractivity contribution >= 4 is 23.1 Å². The lowest BCUT2D eigenvalue weighted by atomic mass is 10.1. The van der Waals surface area contributed by atoms with Gasteiger partial charge in [0.1, 0.15) is 0 Å². The van der Waals surface area contributed by atoms with Crippen molar-refractivity contribution in [3.63, 3.8) is 0 Å². The first-order valence-electron chi connectivity index (χ1n) is 7.71. The minimum absolute atomic E-state index is 0.0248. The molecule has 0 spiro atoms. The van der Waals surface area contributed by atoms with Gasteiger partial charge in [-0.25, -0.2) is 0 Å². The zero-order valence-electron chi connectivity index (χ0n) is 13.6. The zero-order valence-corrected chi connectivity index (χ0v) is 14.4. The molecule has 3 aromatic rings. The Morgan fingerprint density at radius 2 is 1.92 bits per heavy atom. The second kappa shape index (κ2) is 6.60. The van der Waals surface area contributed by atoms with Crippen molar-refractivity contribution in [1.82, 2.24) is 15.2 Å². The molecule has 2 heterocycles. The Balaban J connectivity index is 1.80. The van der Waals surface area contributed by atoms with E-state index in [-0.39, 0.29) is 5.69 Å². The van der Waals surface area contributed by atoms with E-state index in [1.54, 1.807) is 12.1 Å². The highest BCUT2D eigenvalue weighted by Crippen LogP contribution is 2.39. The molecule has 0 aliphatic carbocycles. The Kier molecular flexibility index (Phi) is 4.13. The van der Waals surface area contributed by atoms with E-state index in [1.807, 2.05) is 30.5 Å². The quantitative estimate of drug-likeness (QED) is 0.425. The Morgan fingerprint density at radius 1 is 1.15 bits per heavy atom. The maximum Gasteiger partial charge on any atom is 0.269 e. The Hall–Kier alpha value is -3.20. The van der Waals surface area contributed by atoms with Gasteiger partial charge in [-0.05, 0) is 24.5 Å². The van der Waals surface area contributed by atoms with Gasteiger partial charge in [0.15, 0.2) is 11.9 Å². The largest absolute Gasteiger partial charge is 0.448 e. The molecule has 26 heavy (non-hydrogen) atoms. The van der Waals surface area contributed by atoms with E-state index in [4.69, 9.17) is 4.74 Å². The van der Waals surface area contributed by atoms with Crippen LogP contribution in [0.25, 0.3) is 11.3 Å². The molecule has 1 aliphatic heterocycles. The number of benzene rings is 2. The van der Waals surface area contributed by atoms with Gasteiger partial charge in [-0.2, -0.15) is 4.98 Å². The minimum Gasteiger partial charge on any atom is -0.448 e. The number of hydrogen-bond acceptors (Lipinski definition) is 8. The molecule has 130 valence electrons. The normalized spacial score (nSPS) is 15.0. The maximum atomic E-state index is 10.9. The van der Waals surface area contributed by atoms with Gasteiger partial charge >= 0.3 is 0 Å². The van der Waals surface area contributed by atoms with Gasteiger partial charge in [0.2, 0.25) is 11.0 Å². The van der Waals surface area contributed by atoms with Crippen molar-refractivity contribution in [2.24, 2.45) is 0 Å². The van der Waals surface area contributed by atoms with Gasteiger partial charge < -0.3 is 10.1 Å². The molecule has 1 aliphatic rings. The van der Waals surface area contributed by atoms with E-state index in [2.05, 4.69) is 20.5 Å². The Morgan fingerprint density at radius 3 is 2.65 bits per heavy atom. The summed E-state index contributed by atoms with van der Waals surface area (Å²) in [6.07, 6.45) is 1.30. The van der Waals surface area contributed by atoms with Crippen molar-refractivity contribution in [3.8, 4) is 17.1 Å². The lowest BCUT2D eigenvalue weighted by molar-refractivity contribution is -0.384. The van der Waals surface area contributed by atoms with Gasteiger partial charge in [-0.1, -0.05) is 30.0 Å². The first kappa shape index (κ1) is 16.3. The molecule has 0 amide bonds.